The number of nitrogens with one attached hydrogen (secondary N) is 1. The maximum Gasteiger partial charge on any atom is 0.407 e. The molecular formula is C13H27NO2. The topological polar surface area (TPSA) is 38.3 Å². The number of carbonyl (C=O) groups excluding carboxylic acids is 1. The standard InChI is InChI=1S/C13H27NO2/c1-9(2)11(10(3)4)8-14-12(15)16-13(5,6)7/h9-11H,8H2,1-7H3,(H,14,15). The smallest absolute Gasteiger partial charge is 0.407 e. The largest absolute Gasteiger partial charge is 0.444 e. The molecule has 0 unspecified atom stereocenters. The molecule has 0 aliphatic carbocycles. The molecule has 0 radical (unpaired) electrons. The summed E-state index contributed by atoms with van der Waals surface area (Å²) in [5.74, 6) is 1.62. The van der Waals surface area contributed by atoms with Gasteiger partial charge in [0.1, 0.15) is 5.60 Å². The fourth-order valence-electron chi connectivity index (χ4n) is 1.76. The Morgan fingerprint density at radius 2 is 1.56 bits per heavy atom. The van der Waals surface area contributed by atoms with Gasteiger partial charge in [0.15, 0.2) is 0 Å². The summed E-state index contributed by atoms with van der Waals surface area (Å²) >= 11 is 0. The predicted molar refractivity (Wildman–Crippen MR) is 67.4 cm³/mol. The highest BCUT2D eigenvalue weighted by atomic mass is 16.6. The van der Waals surface area contributed by atoms with Gasteiger partial charge in [0, 0.05) is 6.54 Å². The first kappa shape index (κ1) is 15.3. The molecule has 0 aromatic carbocycles. The van der Waals surface area contributed by atoms with Crippen LogP contribution in [0, 0.1) is 17.8 Å². The van der Waals surface area contributed by atoms with Crippen molar-refractivity contribution in [2.24, 2.45) is 17.8 Å². The maximum absolute atomic E-state index is 11.5. The third-order valence-corrected chi connectivity index (χ3v) is 2.59. The first-order chi connectivity index (χ1) is 7.13. The number of amides is 1. The minimum Gasteiger partial charge on any atom is -0.444 e. The highest BCUT2D eigenvalue weighted by Crippen LogP contribution is 2.19. The van der Waals surface area contributed by atoms with Crippen molar-refractivity contribution < 1.29 is 9.53 Å². The highest BCUT2D eigenvalue weighted by Gasteiger charge is 2.20. The Bertz CT molecular complexity index is 208. The van der Waals surface area contributed by atoms with Gasteiger partial charge < -0.3 is 10.1 Å². The van der Waals surface area contributed by atoms with Gasteiger partial charge in [-0.2, -0.15) is 0 Å². The Labute approximate surface area is 99.9 Å². The van der Waals surface area contributed by atoms with E-state index in [0.29, 0.717) is 24.3 Å². The normalized spacial score (nSPS) is 12.4. The van der Waals surface area contributed by atoms with E-state index in [9.17, 15) is 4.79 Å². The minimum absolute atomic E-state index is 0.321. The van der Waals surface area contributed by atoms with Crippen LogP contribution in [-0.4, -0.2) is 18.2 Å². The molecule has 0 saturated heterocycles. The molecule has 3 nitrogen and oxygen atoms in total. The average molecular weight is 229 g/mol. The van der Waals surface area contributed by atoms with E-state index in [2.05, 4.69) is 33.0 Å². The van der Waals surface area contributed by atoms with Crippen LogP contribution in [-0.2, 0) is 4.74 Å². The van der Waals surface area contributed by atoms with Crippen molar-refractivity contribution in [1.82, 2.24) is 5.32 Å². The lowest BCUT2D eigenvalue weighted by atomic mass is 9.85. The second-order valence-corrected chi connectivity index (χ2v) is 6.03. The summed E-state index contributed by atoms with van der Waals surface area (Å²) in [6.07, 6.45) is -0.321. The van der Waals surface area contributed by atoms with Crippen LogP contribution in [0.1, 0.15) is 48.5 Å². The SMILES string of the molecule is CC(C)C(CNC(=O)OC(C)(C)C)C(C)C. The third-order valence-electron chi connectivity index (χ3n) is 2.59. The molecule has 0 heterocycles. The van der Waals surface area contributed by atoms with E-state index in [0.717, 1.165) is 0 Å². The number of hydrogen-bond donors (Lipinski definition) is 1. The van der Waals surface area contributed by atoms with Gasteiger partial charge in [-0.15, -0.1) is 0 Å². The minimum atomic E-state index is -0.421. The molecule has 1 amide bonds. The van der Waals surface area contributed by atoms with E-state index in [1.165, 1.54) is 0 Å². The third kappa shape index (κ3) is 6.70. The van der Waals surface area contributed by atoms with E-state index in [1.54, 1.807) is 0 Å². The van der Waals surface area contributed by atoms with Gasteiger partial charge in [-0.3, -0.25) is 0 Å². The summed E-state index contributed by atoms with van der Waals surface area (Å²) in [5.41, 5.74) is -0.421. The fraction of sp³-hybridized carbons (Fsp3) is 0.923. The fourth-order valence-corrected chi connectivity index (χ4v) is 1.76. The molecule has 0 rings (SSSR count). The molecule has 0 saturated carbocycles. The molecule has 0 aromatic heterocycles. The van der Waals surface area contributed by atoms with Gasteiger partial charge in [0.2, 0.25) is 0 Å². The lowest BCUT2D eigenvalue weighted by molar-refractivity contribution is 0.0508. The molecule has 0 atom stereocenters. The Hall–Kier alpha value is -0.730. The Balaban J connectivity index is 4.07. The van der Waals surface area contributed by atoms with E-state index < -0.39 is 5.60 Å². The molecule has 1 N–H and O–H groups in total. The number of hydrogen-bond acceptors (Lipinski definition) is 2. The highest BCUT2D eigenvalue weighted by molar-refractivity contribution is 5.67. The van der Waals surface area contributed by atoms with Crippen LogP contribution in [0.15, 0.2) is 0 Å². The van der Waals surface area contributed by atoms with Crippen molar-refractivity contribution >= 4 is 6.09 Å². The lowest BCUT2D eigenvalue weighted by Gasteiger charge is -2.26. The molecule has 96 valence electrons. The Kier molecular flexibility index (Phi) is 5.84. The van der Waals surface area contributed by atoms with E-state index >= 15 is 0 Å². The number of rotatable bonds is 4. The molecule has 0 aromatic rings. The van der Waals surface area contributed by atoms with Crippen molar-refractivity contribution in [3.05, 3.63) is 0 Å². The zero-order chi connectivity index (χ0) is 12.9. The lowest BCUT2D eigenvalue weighted by Crippen LogP contribution is -2.37. The van der Waals surface area contributed by atoms with Crippen molar-refractivity contribution in [1.29, 1.82) is 0 Å². The van der Waals surface area contributed by atoms with Gasteiger partial charge in [-0.25, -0.2) is 4.79 Å². The van der Waals surface area contributed by atoms with Crippen LogP contribution in [0.5, 0.6) is 0 Å². The molecule has 0 fully saturated rings. The van der Waals surface area contributed by atoms with Gasteiger partial charge in [0.05, 0.1) is 0 Å². The van der Waals surface area contributed by atoms with Crippen molar-refractivity contribution in [3.8, 4) is 0 Å². The van der Waals surface area contributed by atoms with Crippen LogP contribution in [0.4, 0.5) is 4.79 Å². The Morgan fingerprint density at radius 1 is 1.12 bits per heavy atom. The summed E-state index contributed by atoms with van der Waals surface area (Å²) < 4.78 is 5.20. The second kappa shape index (κ2) is 6.12. The quantitative estimate of drug-likeness (QED) is 0.802. The zero-order valence-electron chi connectivity index (χ0n) is 11.8. The van der Waals surface area contributed by atoms with Crippen molar-refractivity contribution in [2.45, 2.75) is 54.1 Å². The monoisotopic (exact) mass is 229 g/mol. The van der Waals surface area contributed by atoms with Crippen LogP contribution >= 0.6 is 0 Å². The molecule has 3 heteroatoms. The summed E-state index contributed by atoms with van der Waals surface area (Å²) in [6, 6.07) is 0. The van der Waals surface area contributed by atoms with Crippen molar-refractivity contribution in [2.75, 3.05) is 6.54 Å². The van der Waals surface area contributed by atoms with Gasteiger partial charge in [-0.05, 0) is 38.5 Å². The van der Waals surface area contributed by atoms with E-state index in [1.807, 2.05) is 20.8 Å². The van der Waals surface area contributed by atoms with Crippen LogP contribution in [0.25, 0.3) is 0 Å². The second-order valence-electron chi connectivity index (χ2n) is 6.03. The molecular weight excluding hydrogens is 202 g/mol. The average Bonchev–Trinajstić information content (AvgIpc) is 1.98. The van der Waals surface area contributed by atoms with Gasteiger partial charge in [0.25, 0.3) is 0 Å². The van der Waals surface area contributed by atoms with Gasteiger partial charge >= 0.3 is 6.09 Å². The van der Waals surface area contributed by atoms with Gasteiger partial charge in [-0.1, -0.05) is 27.7 Å². The number of carbonyl (C=O) groups is 1. The molecule has 0 bridgehead atoms. The first-order valence-electron chi connectivity index (χ1n) is 6.10. The summed E-state index contributed by atoms with van der Waals surface area (Å²) in [4.78, 5) is 11.5. The van der Waals surface area contributed by atoms with Crippen LogP contribution < -0.4 is 5.32 Å². The number of ether oxygens (including phenoxy) is 1. The van der Waals surface area contributed by atoms with E-state index in [4.69, 9.17) is 4.74 Å². The summed E-state index contributed by atoms with van der Waals surface area (Å²) in [6.45, 7) is 15.0. The summed E-state index contributed by atoms with van der Waals surface area (Å²) in [5, 5.41) is 2.84. The van der Waals surface area contributed by atoms with Crippen LogP contribution in [0.2, 0.25) is 0 Å². The number of alkyl carbamates (subject to hydrolysis) is 1. The molecule has 0 aliphatic heterocycles. The Morgan fingerprint density at radius 3 is 1.88 bits per heavy atom. The summed E-state index contributed by atoms with van der Waals surface area (Å²) in [7, 11) is 0. The molecule has 0 aliphatic rings. The molecule has 16 heavy (non-hydrogen) atoms. The van der Waals surface area contributed by atoms with Crippen molar-refractivity contribution in [3.63, 3.8) is 0 Å². The first-order valence-corrected chi connectivity index (χ1v) is 6.10. The zero-order valence-corrected chi connectivity index (χ0v) is 11.8. The maximum atomic E-state index is 11.5. The van der Waals surface area contributed by atoms with E-state index in [-0.39, 0.29) is 6.09 Å². The predicted octanol–water partition coefficient (Wildman–Crippen LogP) is 3.44. The molecule has 0 spiro atoms. The van der Waals surface area contributed by atoms with Crippen LogP contribution in [0.3, 0.4) is 0 Å².